The van der Waals surface area contributed by atoms with Crippen molar-refractivity contribution in [3.05, 3.63) is 48.2 Å². The number of benzene rings is 1. The molecule has 2 heterocycles. The van der Waals surface area contributed by atoms with E-state index in [0.29, 0.717) is 5.69 Å². The molecule has 0 aliphatic carbocycles. The van der Waals surface area contributed by atoms with Gasteiger partial charge >= 0.3 is 6.09 Å². The molecule has 0 saturated carbocycles. The highest BCUT2D eigenvalue weighted by molar-refractivity contribution is 5.86. The smallest absolute Gasteiger partial charge is 0.412 e. The first-order valence-corrected chi connectivity index (χ1v) is 9.05. The highest BCUT2D eigenvalue weighted by Gasteiger charge is 2.18. The molecule has 3 aromatic rings. The van der Waals surface area contributed by atoms with Gasteiger partial charge in [-0.3, -0.25) is 9.72 Å². The van der Waals surface area contributed by atoms with Gasteiger partial charge in [-0.1, -0.05) is 13.8 Å². The van der Waals surface area contributed by atoms with E-state index < -0.39 is 23.9 Å². The summed E-state index contributed by atoms with van der Waals surface area (Å²) >= 11 is 0. The summed E-state index contributed by atoms with van der Waals surface area (Å²) in [5.74, 6) is -0.429. The SMILES string of the molecule is CC.CC(C)(C)OC(=O)Nc1ccc(F)c(-c2cn3cc(C(F)F)cnc3n2)c1. The second-order valence-electron chi connectivity index (χ2n) is 6.84. The molecule has 156 valence electrons. The third kappa shape index (κ3) is 5.69. The number of carbonyl (C=O) groups excluding carboxylic acids is 1. The monoisotopic (exact) mass is 408 g/mol. The van der Waals surface area contributed by atoms with E-state index in [2.05, 4.69) is 15.3 Å². The van der Waals surface area contributed by atoms with Crippen molar-refractivity contribution in [2.75, 3.05) is 5.32 Å². The van der Waals surface area contributed by atoms with Crippen LogP contribution < -0.4 is 5.32 Å². The molecule has 1 amide bonds. The Kier molecular flexibility index (Phi) is 6.84. The number of amides is 1. The first-order chi connectivity index (χ1) is 13.6. The van der Waals surface area contributed by atoms with E-state index in [0.717, 1.165) is 6.20 Å². The molecule has 6 nitrogen and oxygen atoms in total. The first-order valence-electron chi connectivity index (χ1n) is 9.05. The predicted molar refractivity (Wildman–Crippen MR) is 105 cm³/mol. The van der Waals surface area contributed by atoms with E-state index in [1.54, 1.807) is 20.8 Å². The van der Waals surface area contributed by atoms with Crippen LogP contribution in [0.15, 0.2) is 36.8 Å². The van der Waals surface area contributed by atoms with Gasteiger partial charge in [-0.2, -0.15) is 0 Å². The van der Waals surface area contributed by atoms with Crippen LogP contribution in [0, 0.1) is 5.82 Å². The fourth-order valence-electron chi connectivity index (χ4n) is 2.36. The van der Waals surface area contributed by atoms with Crippen molar-refractivity contribution in [1.29, 1.82) is 0 Å². The summed E-state index contributed by atoms with van der Waals surface area (Å²) in [7, 11) is 0. The maximum atomic E-state index is 14.3. The van der Waals surface area contributed by atoms with E-state index in [-0.39, 0.29) is 22.6 Å². The van der Waals surface area contributed by atoms with Crippen LogP contribution in [0.2, 0.25) is 0 Å². The van der Waals surface area contributed by atoms with Gasteiger partial charge in [-0.05, 0) is 39.0 Å². The number of fused-ring (bicyclic) bond motifs is 1. The number of hydrogen-bond acceptors (Lipinski definition) is 4. The molecule has 3 rings (SSSR count). The van der Waals surface area contributed by atoms with Crippen LogP contribution in [0.4, 0.5) is 23.7 Å². The minimum absolute atomic E-state index is 0.0904. The average molecular weight is 408 g/mol. The summed E-state index contributed by atoms with van der Waals surface area (Å²) in [5.41, 5.74) is -0.360. The van der Waals surface area contributed by atoms with Gasteiger partial charge in [0.25, 0.3) is 6.43 Å². The number of nitrogens with zero attached hydrogens (tertiary/aromatic N) is 3. The van der Waals surface area contributed by atoms with Crippen molar-refractivity contribution in [2.24, 2.45) is 0 Å². The lowest BCUT2D eigenvalue weighted by molar-refractivity contribution is 0.0636. The lowest BCUT2D eigenvalue weighted by Gasteiger charge is -2.19. The fraction of sp³-hybridized carbons (Fsp3) is 0.350. The minimum atomic E-state index is -2.68. The molecule has 9 heteroatoms. The molecular formula is C20H23F3N4O2. The number of ether oxygens (including phenoxy) is 1. The maximum absolute atomic E-state index is 14.3. The molecule has 1 aromatic carbocycles. The predicted octanol–water partition coefficient (Wildman–Crippen LogP) is 5.85. The number of aromatic nitrogens is 3. The number of nitrogens with one attached hydrogen (secondary N) is 1. The van der Waals surface area contributed by atoms with Crippen LogP contribution in [0.3, 0.4) is 0 Å². The lowest BCUT2D eigenvalue weighted by atomic mass is 10.1. The maximum Gasteiger partial charge on any atom is 0.412 e. The van der Waals surface area contributed by atoms with Gasteiger partial charge in [-0.25, -0.2) is 27.9 Å². The Balaban J connectivity index is 0.00000145. The Hall–Kier alpha value is -3.10. The molecule has 0 fully saturated rings. The second kappa shape index (κ2) is 8.93. The molecule has 0 aliphatic rings. The van der Waals surface area contributed by atoms with Gasteiger partial charge in [0.05, 0.1) is 11.3 Å². The summed E-state index contributed by atoms with van der Waals surface area (Å²) in [6.07, 6.45) is 0.242. The molecule has 0 spiro atoms. The third-order valence-electron chi connectivity index (χ3n) is 3.47. The van der Waals surface area contributed by atoms with E-state index in [1.165, 1.54) is 35.0 Å². The molecule has 0 bridgehead atoms. The Morgan fingerprint density at radius 1 is 1.21 bits per heavy atom. The number of rotatable bonds is 3. The second-order valence-corrected chi connectivity index (χ2v) is 6.84. The standard InChI is InChI=1S/C18H17F3N4O2.C2H6/c1-18(2,3)27-17(26)23-11-4-5-13(19)12(6-11)14-9-25-8-10(15(20)21)7-22-16(25)24-14;1-2/h4-9,15H,1-3H3,(H,23,26);1-2H3. The molecular weight excluding hydrogens is 385 g/mol. The highest BCUT2D eigenvalue weighted by Crippen LogP contribution is 2.27. The summed E-state index contributed by atoms with van der Waals surface area (Å²) in [6.45, 7) is 9.17. The summed E-state index contributed by atoms with van der Waals surface area (Å²) in [4.78, 5) is 19.9. The molecule has 0 aliphatic heterocycles. The Labute approximate surface area is 166 Å². The van der Waals surface area contributed by atoms with Crippen LogP contribution in [0.1, 0.15) is 46.6 Å². The highest BCUT2D eigenvalue weighted by atomic mass is 19.3. The van der Waals surface area contributed by atoms with Crippen LogP contribution in [0.5, 0.6) is 0 Å². The Morgan fingerprint density at radius 3 is 2.52 bits per heavy atom. The summed E-state index contributed by atoms with van der Waals surface area (Å²) in [6, 6.07) is 3.94. The topological polar surface area (TPSA) is 68.5 Å². The zero-order valence-corrected chi connectivity index (χ0v) is 16.8. The molecule has 1 N–H and O–H groups in total. The Morgan fingerprint density at radius 2 is 1.90 bits per heavy atom. The van der Waals surface area contributed by atoms with Crippen LogP contribution in [-0.4, -0.2) is 26.1 Å². The first kappa shape index (κ1) is 22.2. The van der Waals surface area contributed by atoms with Crippen LogP contribution in [-0.2, 0) is 4.74 Å². The molecule has 29 heavy (non-hydrogen) atoms. The summed E-state index contributed by atoms with van der Waals surface area (Å²) in [5, 5.41) is 2.52. The van der Waals surface area contributed by atoms with Gasteiger partial charge in [-0.15, -0.1) is 0 Å². The zero-order valence-electron chi connectivity index (χ0n) is 16.8. The molecule has 2 aromatic heterocycles. The van der Waals surface area contributed by atoms with Gasteiger partial charge in [0.2, 0.25) is 5.78 Å². The van der Waals surface area contributed by atoms with E-state index in [1.807, 2.05) is 13.8 Å². The molecule has 0 radical (unpaired) electrons. The zero-order chi connectivity index (χ0) is 21.8. The normalized spacial score (nSPS) is 11.2. The number of anilines is 1. The van der Waals surface area contributed by atoms with E-state index in [4.69, 9.17) is 4.74 Å². The number of halogens is 3. The van der Waals surface area contributed by atoms with E-state index >= 15 is 0 Å². The van der Waals surface area contributed by atoms with Gasteiger partial charge < -0.3 is 4.74 Å². The third-order valence-corrected chi connectivity index (χ3v) is 3.47. The average Bonchev–Trinajstić information content (AvgIpc) is 3.06. The minimum Gasteiger partial charge on any atom is -0.444 e. The van der Waals surface area contributed by atoms with Gasteiger partial charge in [0.1, 0.15) is 11.4 Å². The van der Waals surface area contributed by atoms with Crippen LogP contribution in [0.25, 0.3) is 17.0 Å². The number of alkyl halides is 2. The van der Waals surface area contributed by atoms with Crippen LogP contribution >= 0.6 is 0 Å². The van der Waals surface area contributed by atoms with Gasteiger partial charge in [0, 0.05) is 29.8 Å². The lowest BCUT2D eigenvalue weighted by Crippen LogP contribution is -2.27. The molecule has 0 saturated heterocycles. The molecule has 0 unspecified atom stereocenters. The van der Waals surface area contributed by atoms with Gasteiger partial charge in [0.15, 0.2) is 0 Å². The largest absolute Gasteiger partial charge is 0.444 e. The van der Waals surface area contributed by atoms with Crippen molar-refractivity contribution >= 4 is 17.6 Å². The van der Waals surface area contributed by atoms with Crippen molar-refractivity contribution in [3.63, 3.8) is 0 Å². The van der Waals surface area contributed by atoms with Crippen molar-refractivity contribution in [3.8, 4) is 11.3 Å². The number of imidazole rings is 1. The van der Waals surface area contributed by atoms with Crippen molar-refractivity contribution < 1.29 is 22.7 Å². The fourth-order valence-corrected chi connectivity index (χ4v) is 2.36. The van der Waals surface area contributed by atoms with E-state index in [9.17, 15) is 18.0 Å². The molecule has 0 atom stereocenters. The quantitative estimate of drug-likeness (QED) is 0.591. The number of carbonyl (C=O) groups is 1. The Bertz CT molecular complexity index is 997. The van der Waals surface area contributed by atoms with Crippen molar-refractivity contribution in [2.45, 2.75) is 46.6 Å². The number of hydrogen-bond donors (Lipinski definition) is 1. The summed E-state index contributed by atoms with van der Waals surface area (Å²) < 4.78 is 46.3. The van der Waals surface area contributed by atoms with Crippen molar-refractivity contribution in [1.82, 2.24) is 14.4 Å².